The van der Waals surface area contributed by atoms with Gasteiger partial charge in [-0.05, 0) is 36.1 Å². The summed E-state index contributed by atoms with van der Waals surface area (Å²) in [5.74, 6) is -0.324. The minimum Gasteiger partial charge on any atom is -0.347 e. The van der Waals surface area contributed by atoms with Crippen LogP contribution < -0.4 is 5.32 Å². The normalized spacial score (nSPS) is 16.3. The number of likely N-dealkylation sites (tertiary alicyclic amines) is 1. The molecular formula is C24H27FN4O. The van der Waals surface area contributed by atoms with Gasteiger partial charge in [0.1, 0.15) is 5.82 Å². The van der Waals surface area contributed by atoms with Crippen molar-refractivity contribution in [3.05, 3.63) is 89.8 Å². The van der Waals surface area contributed by atoms with E-state index < -0.39 is 5.54 Å². The summed E-state index contributed by atoms with van der Waals surface area (Å²) in [6.07, 6.45) is 5.38. The first-order chi connectivity index (χ1) is 14.5. The number of piperidine rings is 1. The average Bonchev–Trinajstić information content (AvgIpc) is 3.17. The zero-order chi connectivity index (χ0) is 21.0. The second kappa shape index (κ2) is 8.79. The van der Waals surface area contributed by atoms with Crippen molar-refractivity contribution in [3.63, 3.8) is 0 Å². The lowest BCUT2D eigenvalue weighted by molar-refractivity contribution is -0.121. The third kappa shape index (κ3) is 4.60. The molecule has 1 aromatic heterocycles. The minimum absolute atomic E-state index is 0.0614. The number of hydrogen-bond acceptors (Lipinski definition) is 3. The van der Waals surface area contributed by atoms with E-state index in [-0.39, 0.29) is 11.7 Å². The molecule has 30 heavy (non-hydrogen) atoms. The van der Waals surface area contributed by atoms with Crippen LogP contribution in [0.1, 0.15) is 36.6 Å². The molecule has 156 valence electrons. The predicted molar refractivity (Wildman–Crippen MR) is 114 cm³/mol. The van der Waals surface area contributed by atoms with Gasteiger partial charge in [-0.15, -0.1) is 0 Å². The molecule has 2 heterocycles. The number of rotatable bonds is 6. The summed E-state index contributed by atoms with van der Waals surface area (Å²) in [4.78, 5) is 18.6. The van der Waals surface area contributed by atoms with Crippen LogP contribution in [0.3, 0.4) is 0 Å². The van der Waals surface area contributed by atoms with E-state index in [4.69, 9.17) is 0 Å². The topological polar surface area (TPSA) is 50.2 Å². The van der Waals surface area contributed by atoms with Gasteiger partial charge in [-0.1, -0.05) is 42.5 Å². The molecule has 1 aliphatic heterocycles. The Kier molecular flexibility index (Phi) is 5.95. The molecule has 3 aromatic rings. The molecule has 1 amide bonds. The minimum atomic E-state index is -0.444. The van der Waals surface area contributed by atoms with Gasteiger partial charge in [0, 0.05) is 39.3 Å². The molecule has 4 rings (SSSR count). The van der Waals surface area contributed by atoms with E-state index in [1.165, 1.54) is 23.4 Å². The van der Waals surface area contributed by atoms with Crippen molar-refractivity contribution in [2.75, 3.05) is 13.1 Å². The maximum Gasteiger partial charge on any atom is 0.217 e. The van der Waals surface area contributed by atoms with Crippen LogP contribution in [-0.2, 0) is 23.4 Å². The number of carbonyl (C=O) groups is 1. The Morgan fingerprint density at radius 3 is 2.43 bits per heavy atom. The van der Waals surface area contributed by atoms with Crippen molar-refractivity contribution in [2.45, 2.75) is 38.4 Å². The highest BCUT2D eigenvalue weighted by Gasteiger charge is 2.37. The van der Waals surface area contributed by atoms with Crippen LogP contribution in [0, 0.1) is 5.82 Å². The molecule has 0 bridgehead atoms. The Bertz CT molecular complexity index is 976. The number of nitrogens with zero attached hydrogens (tertiary/aromatic N) is 3. The van der Waals surface area contributed by atoms with Crippen LogP contribution in [0.25, 0.3) is 0 Å². The van der Waals surface area contributed by atoms with E-state index in [1.54, 1.807) is 19.1 Å². The monoisotopic (exact) mass is 406 g/mol. The zero-order valence-electron chi connectivity index (χ0n) is 17.2. The van der Waals surface area contributed by atoms with Gasteiger partial charge in [-0.2, -0.15) is 0 Å². The Labute approximate surface area is 176 Å². The van der Waals surface area contributed by atoms with Crippen LogP contribution in [0.2, 0.25) is 0 Å². The molecular weight excluding hydrogens is 379 g/mol. The molecule has 0 atom stereocenters. The first-order valence-electron chi connectivity index (χ1n) is 10.3. The SMILES string of the molecule is CC(=O)NC1(c2ccc(F)cc2)CCN(Cc2cncn2Cc2ccccc2)CC1. The van der Waals surface area contributed by atoms with E-state index in [0.29, 0.717) is 0 Å². The molecule has 0 unspecified atom stereocenters. The summed E-state index contributed by atoms with van der Waals surface area (Å²) in [5, 5.41) is 3.15. The number of amides is 1. The van der Waals surface area contributed by atoms with Gasteiger partial charge < -0.3 is 9.88 Å². The molecule has 0 aliphatic carbocycles. The highest BCUT2D eigenvalue weighted by Crippen LogP contribution is 2.33. The predicted octanol–water partition coefficient (Wildman–Crippen LogP) is 3.70. The smallest absolute Gasteiger partial charge is 0.217 e. The fraction of sp³-hybridized carbons (Fsp3) is 0.333. The van der Waals surface area contributed by atoms with Crippen LogP contribution in [0.5, 0.6) is 0 Å². The number of aromatic nitrogens is 2. The number of imidazole rings is 1. The van der Waals surface area contributed by atoms with Gasteiger partial charge in [-0.25, -0.2) is 9.37 Å². The number of nitrogens with one attached hydrogen (secondary N) is 1. The lowest BCUT2D eigenvalue weighted by atomic mass is 9.80. The highest BCUT2D eigenvalue weighted by atomic mass is 19.1. The average molecular weight is 407 g/mol. The fourth-order valence-corrected chi connectivity index (χ4v) is 4.32. The molecule has 1 N–H and O–H groups in total. The van der Waals surface area contributed by atoms with Gasteiger partial charge in [0.25, 0.3) is 0 Å². The maximum absolute atomic E-state index is 13.4. The second-order valence-electron chi connectivity index (χ2n) is 8.04. The van der Waals surface area contributed by atoms with Gasteiger partial charge in [0.2, 0.25) is 5.91 Å². The molecule has 5 nitrogen and oxygen atoms in total. The zero-order valence-corrected chi connectivity index (χ0v) is 17.2. The Balaban J connectivity index is 1.44. The van der Waals surface area contributed by atoms with E-state index >= 15 is 0 Å². The quantitative estimate of drug-likeness (QED) is 0.679. The number of halogens is 1. The summed E-state index contributed by atoms with van der Waals surface area (Å²) in [6, 6.07) is 16.9. The van der Waals surface area contributed by atoms with Crippen molar-refractivity contribution >= 4 is 5.91 Å². The highest BCUT2D eigenvalue weighted by molar-refractivity contribution is 5.74. The van der Waals surface area contributed by atoms with Crippen LogP contribution in [-0.4, -0.2) is 33.4 Å². The summed E-state index contributed by atoms with van der Waals surface area (Å²) in [5.41, 5.74) is 2.94. The van der Waals surface area contributed by atoms with Crippen LogP contribution in [0.4, 0.5) is 4.39 Å². The van der Waals surface area contributed by atoms with Crippen molar-refractivity contribution in [3.8, 4) is 0 Å². The van der Waals surface area contributed by atoms with Crippen molar-refractivity contribution < 1.29 is 9.18 Å². The maximum atomic E-state index is 13.4. The largest absolute Gasteiger partial charge is 0.347 e. The summed E-state index contributed by atoms with van der Waals surface area (Å²) in [7, 11) is 0. The Hall–Kier alpha value is -2.99. The molecule has 0 spiro atoms. The van der Waals surface area contributed by atoms with Crippen molar-refractivity contribution in [2.24, 2.45) is 0 Å². The molecule has 0 radical (unpaired) electrons. The lowest BCUT2D eigenvalue weighted by Crippen LogP contribution is -2.52. The van der Waals surface area contributed by atoms with Crippen LogP contribution >= 0.6 is 0 Å². The van der Waals surface area contributed by atoms with Gasteiger partial charge in [0.15, 0.2) is 0 Å². The molecule has 1 saturated heterocycles. The molecule has 6 heteroatoms. The van der Waals surface area contributed by atoms with Crippen molar-refractivity contribution in [1.29, 1.82) is 0 Å². The third-order valence-corrected chi connectivity index (χ3v) is 5.90. The molecule has 1 fully saturated rings. The first-order valence-corrected chi connectivity index (χ1v) is 10.3. The van der Waals surface area contributed by atoms with E-state index in [0.717, 1.165) is 44.6 Å². The van der Waals surface area contributed by atoms with Crippen molar-refractivity contribution in [1.82, 2.24) is 19.8 Å². The summed E-state index contributed by atoms with van der Waals surface area (Å²) < 4.78 is 15.6. The van der Waals surface area contributed by atoms with E-state index in [2.05, 4.69) is 31.9 Å². The standard InChI is InChI=1S/C24H27FN4O/c1-19(30)27-24(21-7-9-22(25)10-8-21)11-13-28(14-12-24)17-23-15-26-18-29(23)16-20-5-3-2-4-6-20/h2-10,15,18H,11-14,16-17H2,1H3,(H,27,30). The first kappa shape index (κ1) is 20.3. The molecule has 0 saturated carbocycles. The van der Waals surface area contributed by atoms with Gasteiger partial charge in [-0.3, -0.25) is 9.69 Å². The van der Waals surface area contributed by atoms with Gasteiger partial charge in [0.05, 0.1) is 17.6 Å². The number of carbonyl (C=O) groups excluding carboxylic acids is 1. The van der Waals surface area contributed by atoms with E-state index in [9.17, 15) is 9.18 Å². The second-order valence-corrected chi connectivity index (χ2v) is 8.04. The van der Waals surface area contributed by atoms with E-state index in [1.807, 2.05) is 30.7 Å². The molecule has 1 aliphatic rings. The van der Waals surface area contributed by atoms with Crippen LogP contribution in [0.15, 0.2) is 67.1 Å². The number of hydrogen-bond donors (Lipinski definition) is 1. The summed E-state index contributed by atoms with van der Waals surface area (Å²) in [6.45, 7) is 4.84. The third-order valence-electron chi connectivity index (χ3n) is 5.90. The fourth-order valence-electron chi connectivity index (χ4n) is 4.32. The summed E-state index contributed by atoms with van der Waals surface area (Å²) >= 11 is 0. The lowest BCUT2D eigenvalue weighted by Gasteiger charge is -2.42. The Morgan fingerprint density at radius 1 is 1.07 bits per heavy atom. The number of benzene rings is 2. The van der Waals surface area contributed by atoms with Gasteiger partial charge >= 0.3 is 0 Å². The Morgan fingerprint density at radius 2 is 1.77 bits per heavy atom. The molecule has 2 aromatic carbocycles.